The van der Waals surface area contributed by atoms with Crippen LogP contribution in [0.5, 0.6) is 0 Å². The fourth-order valence-corrected chi connectivity index (χ4v) is 3.45. The first-order chi connectivity index (χ1) is 8.76. The van der Waals surface area contributed by atoms with Crippen molar-refractivity contribution in [2.24, 2.45) is 11.3 Å². The number of halogens is 1. The third-order valence-corrected chi connectivity index (χ3v) is 5.52. The van der Waals surface area contributed by atoms with Crippen LogP contribution in [0.15, 0.2) is 23.1 Å². The Labute approximate surface area is 118 Å². The van der Waals surface area contributed by atoms with E-state index < -0.39 is 10.0 Å². The van der Waals surface area contributed by atoms with Crippen LogP contribution in [0.1, 0.15) is 25.8 Å². The molecule has 1 fully saturated rings. The zero-order valence-corrected chi connectivity index (χ0v) is 12.6. The Balaban J connectivity index is 2.09. The second kappa shape index (κ2) is 5.05. The van der Waals surface area contributed by atoms with Gasteiger partial charge in [-0.1, -0.05) is 31.5 Å². The summed E-state index contributed by atoms with van der Waals surface area (Å²) in [4.78, 5) is 0.133. The maximum Gasteiger partial charge on any atom is 0.240 e. The Hall–Kier alpha value is -0.620. The predicted molar refractivity (Wildman–Crippen MR) is 74.5 cm³/mol. The van der Waals surface area contributed by atoms with E-state index in [9.17, 15) is 8.42 Å². The maximum absolute atomic E-state index is 12.1. The number of nitrogens with one attached hydrogen (secondary N) is 1. The summed E-state index contributed by atoms with van der Waals surface area (Å²) in [5.74, 6) is 0.398. The second-order valence-electron chi connectivity index (χ2n) is 5.65. The van der Waals surface area contributed by atoms with E-state index in [1.807, 2.05) is 0 Å². The van der Waals surface area contributed by atoms with Crippen LogP contribution >= 0.6 is 11.6 Å². The zero-order valence-electron chi connectivity index (χ0n) is 11.0. The minimum Gasteiger partial charge on any atom is -0.392 e. The Kier molecular flexibility index (Phi) is 3.93. The van der Waals surface area contributed by atoms with Crippen molar-refractivity contribution >= 4 is 21.6 Å². The van der Waals surface area contributed by atoms with E-state index in [1.165, 1.54) is 18.2 Å². The maximum atomic E-state index is 12.1. The molecule has 1 aliphatic rings. The van der Waals surface area contributed by atoms with Crippen LogP contribution in [-0.2, 0) is 16.6 Å². The molecule has 1 unspecified atom stereocenters. The lowest BCUT2D eigenvalue weighted by Gasteiger charge is -2.09. The van der Waals surface area contributed by atoms with Gasteiger partial charge in [-0.2, -0.15) is 0 Å². The minimum absolute atomic E-state index is 0.133. The summed E-state index contributed by atoms with van der Waals surface area (Å²) in [7, 11) is -3.53. The monoisotopic (exact) mass is 303 g/mol. The molecule has 6 heteroatoms. The van der Waals surface area contributed by atoms with Gasteiger partial charge in [0.05, 0.1) is 11.5 Å². The number of hydrogen-bond acceptors (Lipinski definition) is 3. The van der Waals surface area contributed by atoms with Gasteiger partial charge in [-0.15, -0.1) is 0 Å². The van der Waals surface area contributed by atoms with Crippen molar-refractivity contribution in [3.05, 3.63) is 28.8 Å². The van der Waals surface area contributed by atoms with Crippen molar-refractivity contribution in [2.75, 3.05) is 6.54 Å². The molecule has 0 spiro atoms. The first-order valence-electron chi connectivity index (χ1n) is 6.15. The fraction of sp³-hybridized carbons (Fsp3) is 0.538. The normalized spacial score (nSPS) is 21.4. The third kappa shape index (κ3) is 3.28. The number of benzene rings is 1. The average molecular weight is 304 g/mol. The average Bonchev–Trinajstić information content (AvgIpc) is 2.95. The van der Waals surface area contributed by atoms with Crippen molar-refractivity contribution in [1.82, 2.24) is 4.72 Å². The lowest BCUT2D eigenvalue weighted by atomic mass is 10.1. The van der Waals surface area contributed by atoms with Crippen molar-refractivity contribution in [2.45, 2.75) is 31.8 Å². The second-order valence-corrected chi connectivity index (χ2v) is 7.83. The number of hydrogen-bond donors (Lipinski definition) is 2. The number of aliphatic hydroxyl groups is 1. The van der Waals surface area contributed by atoms with E-state index in [-0.39, 0.29) is 21.9 Å². The number of rotatable bonds is 5. The van der Waals surface area contributed by atoms with E-state index in [0.717, 1.165) is 6.42 Å². The summed E-state index contributed by atoms with van der Waals surface area (Å²) in [6.07, 6.45) is 1.04. The summed E-state index contributed by atoms with van der Waals surface area (Å²) < 4.78 is 26.8. The van der Waals surface area contributed by atoms with E-state index in [1.54, 1.807) is 0 Å². The summed E-state index contributed by atoms with van der Waals surface area (Å²) in [6.45, 7) is 4.50. The van der Waals surface area contributed by atoms with Crippen LogP contribution in [-0.4, -0.2) is 20.1 Å². The Bertz CT molecular complexity index is 584. The molecule has 4 nitrogen and oxygen atoms in total. The summed E-state index contributed by atoms with van der Waals surface area (Å²) in [5, 5.41) is 9.27. The fourth-order valence-electron chi connectivity index (χ4n) is 2.04. The quantitative estimate of drug-likeness (QED) is 0.876. The van der Waals surface area contributed by atoms with Gasteiger partial charge in [-0.25, -0.2) is 13.1 Å². The van der Waals surface area contributed by atoms with Crippen LogP contribution in [0.4, 0.5) is 0 Å². The largest absolute Gasteiger partial charge is 0.392 e. The van der Waals surface area contributed by atoms with Gasteiger partial charge in [0.2, 0.25) is 10.0 Å². The van der Waals surface area contributed by atoms with Gasteiger partial charge in [-0.3, -0.25) is 0 Å². The number of aliphatic hydroxyl groups excluding tert-OH is 1. The van der Waals surface area contributed by atoms with Crippen LogP contribution in [0, 0.1) is 11.3 Å². The molecule has 0 radical (unpaired) electrons. The topological polar surface area (TPSA) is 66.4 Å². The standard InChI is InChI=1S/C13H18ClNO3S/c1-13(2)6-10(13)7-15-19(17,18)11-4-3-9(8-16)12(14)5-11/h3-5,10,15-16H,6-8H2,1-2H3. The SMILES string of the molecule is CC1(C)CC1CNS(=O)(=O)c1ccc(CO)c(Cl)c1. The smallest absolute Gasteiger partial charge is 0.240 e. The van der Waals surface area contributed by atoms with Gasteiger partial charge in [0.25, 0.3) is 0 Å². The highest BCUT2D eigenvalue weighted by Gasteiger charge is 2.45. The number of sulfonamides is 1. The van der Waals surface area contributed by atoms with Crippen molar-refractivity contribution in [3.63, 3.8) is 0 Å². The van der Waals surface area contributed by atoms with Crippen LogP contribution in [0.2, 0.25) is 5.02 Å². The van der Waals surface area contributed by atoms with Gasteiger partial charge in [0.15, 0.2) is 0 Å². The van der Waals surface area contributed by atoms with E-state index >= 15 is 0 Å². The molecule has 19 heavy (non-hydrogen) atoms. The van der Waals surface area contributed by atoms with Gasteiger partial charge < -0.3 is 5.11 Å². The Morgan fingerprint density at radius 2 is 2.11 bits per heavy atom. The lowest BCUT2D eigenvalue weighted by Crippen LogP contribution is -2.26. The molecule has 0 aliphatic heterocycles. The molecule has 0 aromatic heterocycles. The van der Waals surface area contributed by atoms with Crippen molar-refractivity contribution < 1.29 is 13.5 Å². The minimum atomic E-state index is -3.53. The van der Waals surface area contributed by atoms with Crippen LogP contribution < -0.4 is 4.72 Å². The van der Waals surface area contributed by atoms with Gasteiger partial charge in [0.1, 0.15) is 0 Å². The van der Waals surface area contributed by atoms with Gasteiger partial charge >= 0.3 is 0 Å². The van der Waals surface area contributed by atoms with Crippen molar-refractivity contribution in [3.8, 4) is 0 Å². The van der Waals surface area contributed by atoms with Crippen LogP contribution in [0.25, 0.3) is 0 Å². The van der Waals surface area contributed by atoms with E-state index in [2.05, 4.69) is 18.6 Å². The molecule has 0 heterocycles. The highest BCUT2D eigenvalue weighted by atomic mass is 35.5. The third-order valence-electron chi connectivity index (χ3n) is 3.74. The molecule has 2 N–H and O–H groups in total. The summed E-state index contributed by atoms with van der Waals surface area (Å²) in [5.41, 5.74) is 0.755. The zero-order chi connectivity index (χ0) is 14.3. The molecule has 1 atom stereocenters. The van der Waals surface area contributed by atoms with Gasteiger partial charge in [0, 0.05) is 11.6 Å². The summed E-state index contributed by atoms with van der Waals surface area (Å²) >= 11 is 5.90. The molecule has 2 rings (SSSR count). The van der Waals surface area contributed by atoms with E-state index in [4.69, 9.17) is 16.7 Å². The molecule has 106 valence electrons. The molecule has 1 aromatic rings. The van der Waals surface area contributed by atoms with E-state index in [0.29, 0.717) is 18.0 Å². The van der Waals surface area contributed by atoms with Crippen molar-refractivity contribution in [1.29, 1.82) is 0 Å². The van der Waals surface area contributed by atoms with Crippen LogP contribution in [0.3, 0.4) is 0 Å². The highest BCUT2D eigenvalue weighted by Crippen LogP contribution is 2.51. The summed E-state index contributed by atoms with van der Waals surface area (Å²) in [6, 6.07) is 4.35. The predicted octanol–water partition coefficient (Wildman–Crippen LogP) is 2.16. The first-order valence-corrected chi connectivity index (χ1v) is 8.01. The molecule has 0 amide bonds. The molecule has 0 saturated heterocycles. The molecule has 1 aromatic carbocycles. The molecule has 1 aliphatic carbocycles. The van der Waals surface area contributed by atoms with Gasteiger partial charge in [-0.05, 0) is 35.4 Å². The molecular formula is C13H18ClNO3S. The molecule has 1 saturated carbocycles. The Morgan fingerprint density at radius 3 is 2.58 bits per heavy atom. The first kappa shape index (κ1) is 14.8. The Morgan fingerprint density at radius 1 is 1.47 bits per heavy atom. The molecule has 0 bridgehead atoms. The molecular weight excluding hydrogens is 286 g/mol. The highest BCUT2D eigenvalue weighted by molar-refractivity contribution is 7.89. The lowest BCUT2D eigenvalue weighted by molar-refractivity contribution is 0.282.